The molecule has 2 rings (SSSR count). The van der Waals surface area contributed by atoms with E-state index in [-0.39, 0.29) is 5.75 Å². The van der Waals surface area contributed by atoms with Crippen molar-refractivity contribution in [3.05, 3.63) is 62.9 Å². The molecule has 0 saturated carbocycles. The monoisotopic (exact) mass is 359 g/mol. The van der Waals surface area contributed by atoms with E-state index in [0.29, 0.717) is 21.7 Å². The van der Waals surface area contributed by atoms with Crippen LogP contribution in [0.15, 0.2) is 36.4 Å². The van der Waals surface area contributed by atoms with Gasteiger partial charge in [-0.1, -0.05) is 33.6 Å². The first-order valence-corrected chi connectivity index (χ1v) is 6.98. The normalized spacial score (nSPS) is 10.3. The summed E-state index contributed by atoms with van der Waals surface area (Å²) in [6.07, 6.45) is 0. The number of rotatable bonds is 4. The van der Waals surface area contributed by atoms with Gasteiger partial charge in [0.25, 0.3) is 0 Å². The lowest BCUT2D eigenvalue weighted by atomic mass is 10.2. The molecule has 0 N–H and O–H groups in total. The first-order chi connectivity index (χ1) is 9.52. The van der Waals surface area contributed by atoms with Gasteiger partial charge in [0.1, 0.15) is 11.6 Å². The van der Waals surface area contributed by atoms with Gasteiger partial charge < -0.3 is 4.74 Å². The zero-order chi connectivity index (χ0) is 14.7. The third-order valence-electron chi connectivity index (χ3n) is 2.55. The second-order valence-electron chi connectivity index (χ2n) is 3.82. The van der Waals surface area contributed by atoms with Gasteiger partial charge in [-0.2, -0.15) is 0 Å². The Morgan fingerprint density at radius 1 is 1.30 bits per heavy atom. The van der Waals surface area contributed by atoms with Gasteiger partial charge in [-0.25, -0.2) is 4.39 Å². The number of nitro benzene ring substituents is 1. The molecule has 0 aromatic heterocycles. The molecule has 0 aliphatic carbocycles. The molecule has 0 spiro atoms. The average molecular weight is 361 g/mol. The highest BCUT2D eigenvalue weighted by Crippen LogP contribution is 2.36. The Morgan fingerprint density at radius 3 is 2.70 bits per heavy atom. The molecule has 7 heteroatoms. The van der Waals surface area contributed by atoms with Crippen molar-refractivity contribution in [3.63, 3.8) is 0 Å². The van der Waals surface area contributed by atoms with Gasteiger partial charge in [-0.15, -0.1) is 0 Å². The van der Waals surface area contributed by atoms with Crippen LogP contribution in [0.3, 0.4) is 0 Å². The summed E-state index contributed by atoms with van der Waals surface area (Å²) in [5, 5.41) is 11.8. The van der Waals surface area contributed by atoms with E-state index in [4.69, 9.17) is 16.3 Å². The van der Waals surface area contributed by atoms with Gasteiger partial charge in [-0.05, 0) is 24.3 Å². The summed E-state index contributed by atoms with van der Waals surface area (Å²) in [7, 11) is 0. The maximum atomic E-state index is 13.1. The number of hydrogen-bond donors (Lipinski definition) is 0. The van der Waals surface area contributed by atoms with E-state index in [0.717, 1.165) is 12.1 Å². The molecular formula is C13H8BrClFNO3. The van der Waals surface area contributed by atoms with Crippen molar-refractivity contribution in [1.29, 1.82) is 0 Å². The Kier molecular flexibility index (Phi) is 4.57. The number of nitro groups is 1. The van der Waals surface area contributed by atoms with Crippen LogP contribution < -0.4 is 4.74 Å². The molecule has 0 aliphatic heterocycles. The molecule has 0 heterocycles. The minimum absolute atomic E-state index is 0.0409. The van der Waals surface area contributed by atoms with Crippen LogP contribution in [0.1, 0.15) is 5.56 Å². The minimum Gasteiger partial charge on any atom is -0.450 e. The van der Waals surface area contributed by atoms with E-state index in [2.05, 4.69) is 15.9 Å². The summed E-state index contributed by atoms with van der Waals surface area (Å²) < 4.78 is 18.6. The predicted octanol–water partition coefficient (Wildman–Crippen LogP) is 5.07. The summed E-state index contributed by atoms with van der Waals surface area (Å²) in [5.74, 6) is -0.360. The molecule has 104 valence electrons. The highest BCUT2D eigenvalue weighted by molar-refractivity contribution is 9.08. The van der Waals surface area contributed by atoms with Crippen molar-refractivity contribution in [2.45, 2.75) is 5.33 Å². The fraction of sp³-hybridized carbons (Fsp3) is 0.0769. The Labute approximate surface area is 127 Å². The Morgan fingerprint density at radius 2 is 2.05 bits per heavy atom. The van der Waals surface area contributed by atoms with E-state index in [1.54, 1.807) is 18.2 Å². The lowest BCUT2D eigenvalue weighted by Crippen LogP contribution is -1.96. The summed E-state index contributed by atoms with van der Waals surface area (Å²) >= 11 is 9.29. The van der Waals surface area contributed by atoms with E-state index in [1.165, 1.54) is 6.07 Å². The zero-order valence-corrected chi connectivity index (χ0v) is 12.3. The van der Waals surface area contributed by atoms with Crippen molar-refractivity contribution in [3.8, 4) is 11.5 Å². The number of alkyl halides is 1. The molecule has 2 aromatic carbocycles. The maximum absolute atomic E-state index is 13.1. The van der Waals surface area contributed by atoms with Crippen molar-refractivity contribution in [2.75, 3.05) is 0 Å². The molecule has 0 saturated heterocycles. The maximum Gasteiger partial charge on any atom is 0.314 e. The second kappa shape index (κ2) is 6.19. The highest BCUT2D eigenvalue weighted by atomic mass is 79.9. The largest absolute Gasteiger partial charge is 0.450 e. The number of halogens is 3. The van der Waals surface area contributed by atoms with E-state index >= 15 is 0 Å². The molecule has 0 fully saturated rings. The van der Waals surface area contributed by atoms with Crippen molar-refractivity contribution < 1.29 is 14.1 Å². The minimum atomic E-state index is -0.698. The molecule has 0 aliphatic rings. The Hall–Kier alpha value is -1.66. The quantitative estimate of drug-likeness (QED) is 0.434. The second-order valence-corrected chi connectivity index (χ2v) is 4.79. The fourth-order valence-electron chi connectivity index (χ4n) is 1.60. The lowest BCUT2D eigenvalue weighted by molar-refractivity contribution is -0.385. The molecule has 4 nitrogen and oxygen atoms in total. The SMILES string of the molecule is O=[N+]([O-])c1cc(F)ccc1Oc1cccc(Cl)c1CBr. The molecule has 0 atom stereocenters. The smallest absolute Gasteiger partial charge is 0.314 e. The summed E-state index contributed by atoms with van der Waals surface area (Å²) in [5.41, 5.74) is 0.221. The van der Waals surface area contributed by atoms with E-state index < -0.39 is 16.4 Å². The molecule has 0 radical (unpaired) electrons. The number of hydrogen-bond acceptors (Lipinski definition) is 3. The lowest BCUT2D eigenvalue weighted by Gasteiger charge is -2.11. The number of nitrogens with zero attached hydrogens (tertiary/aromatic N) is 1. The van der Waals surface area contributed by atoms with Crippen LogP contribution >= 0.6 is 27.5 Å². The van der Waals surface area contributed by atoms with Crippen LogP contribution in [-0.4, -0.2) is 4.92 Å². The highest BCUT2D eigenvalue weighted by Gasteiger charge is 2.18. The van der Waals surface area contributed by atoms with Crippen molar-refractivity contribution >= 4 is 33.2 Å². The van der Waals surface area contributed by atoms with Crippen LogP contribution in [-0.2, 0) is 5.33 Å². The van der Waals surface area contributed by atoms with Gasteiger partial charge >= 0.3 is 5.69 Å². The topological polar surface area (TPSA) is 52.4 Å². The molecule has 0 bridgehead atoms. The molecule has 20 heavy (non-hydrogen) atoms. The van der Waals surface area contributed by atoms with Crippen LogP contribution in [0.4, 0.5) is 10.1 Å². The van der Waals surface area contributed by atoms with Gasteiger partial charge in [0.15, 0.2) is 0 Å². The predicted molar refractivity (Wildman–Crippen MR) is 77.2 cm³/mol. The summed E-state index contributed by atoms with van der Waals surface area (Å²) in [4.78, 5) is 10.2. The van der Waals surface area contributed by atoms with E-state index in [9.17, 15) is 14.5 Å². The molecule has 0 amide bonds. The standard InChI is InChI=1S/C13H8BrClFNO3/c14-7-9-10(15)2-1-3-12(9)20-13-5-4-8(16)6-11(13)17(18)19/h1-6H,7H2. The van der Waals surface area contributed by atoms with Gasteiger partial charge in [-0.3, -0.25) is 10.1 Å². The number of ether oxygens (including phenoxy) is 1. The van der Waals surface area contributed by atoms with Crippen LogP contribution in [0.5, 0.6) is 11.5 Å². The Balaban J connectivity index is 2.45. The number of benzene rings is 2. The average Bonchev–Trinajstić information content (AvgIpc) is 2.41. The van der Waals surface area contributed by atoms with Gasteiger partial charge in [0, 0.05) is 15.9 Å². The third-order valence-corrected chi connectivity index (χ3v) is 3.46. The van der Waals surface area contributed by atoms with Crippen LogP contribution in [0.25, 0.3) is 0 Å². The van der Waals surface area contributed by atoms with Gasteiger partial charge in [0.2, 0.25) is 5.75 Å². The van der Waals surface area contributed by atoms with Gasteiger partial charge in [0.05, 0.1) is 11.0 Å². The van der Waals surface area contributed by atoms with Crippen molar-refractivity contribution in [1.82, 2.24) is 0 Å². The Bertz CT molecular complexity index is 666. The first-order valence-electron chi connectivity index (χ1n) is 5.48. The molecule has 0 unspecified atom stereocenters. The first kappa shape index (κ1) is 14.7. The van der Waals surface area contributed by atoms with Crippen LogP contribution in [0, 0.1) is 15.9 Å². The van der Waals surface area contributed by atoms with E-state index in [1.807, 2.05) is 0 Å². The third kappa shape index (κ3) is 3.08. The molecule has 2 aromatic rings. The fourth-order valence-corrected chi connectivity index (χ4v) is 2.57. The van der Waals surface area contributed by atoms with Crippen molar-refractivity contribution in [2.24, 2.45) is 0 Å². The zero-order valence-electron chi connectivity index (χ0n) is 9.98. The molecular weight excluding hydrogens is 353 g/mol. The van der Waals surface area contributed by atoms with Crippen LogP contribution in [0.2, 0.25) is 5.02 Å². The summed E-state index contributed by atoms with van der Waals surface area (Å²) in [6, 6.07) is 8.11. The summed E-state index contributed by atoms with van der Waals surface area (Å²) in [6.45, 7) is 0.